The molecule has 2 unspecified atom stereocenters. The Morgan fingerprint density at radius 1 is 1.05 bits per heavy atom. The third-order valence-electron chi connectivity index (χ3n) is 7.60. The predicted molar refractivity (Wildman–Crippen MR) is 142 cm³/mol. The third kappa shape index (κ3) is 3.90. The summed E-state index contributed by atoms with van der Waals surface area (Å²) in [5.74, 6) is 0.810. The highest BCUT2D eigenvalue weighted by atomic mass is 19.1. The van der Waals surface area contributed by atoms with E-state index in [4.69, 9.17) is 14.1 Å². The number of hydrogen-bond acceptors (Lipinski definition) is 8. The Balaban J connectivity index is 1.38. The van der Waals surface area contributed by atoms with Crippen LogP contribution in [0.2, 0.25) is 0 Å². The Kier molecular flexibility index (Phi) is 5.40. The molecule has 5 aromatic rings. The highest BCUT2D eigenvalue weighted by Crippen LogP contribution is 2.39. The Labute approximate surface area is 218 Å². The van der Waals surface area contributed by atoms with Crippen molar-refractivity contribution < 1.29 is 18.7 Å². The quantitative estimate of drug-likeness (QED) is 0.336. The minimum Gasteiger partial charge on any atom is -0.508 e. The lowest BCUT2D eigenvalue weighted by atomic mass is 9.96. The molecular weight excluding hydrogens is 485 g/mol. The molecule has 2 atom stereocenters. The lowest BCUT2D eigenvalue weighted by Gasteiger charge is -2.34. The lowest BCUT2D eigenvalue weighted by Crippen LogP contribution is -2.51. The number of phenols is 1. The van der Waals surface area contributed by atoms with Gasteiger partial charge >= 0.3 is 6.01 Å². The minimum absolute atomic E-state index is 0.0734. The molecule has 0 radical (unpaired) electrons. The van der Waals surface area contributed by atoms with E-state index >= 15 is 4.39 Å². The van der Waals surface area contributed by atoms with E-state index in [0.717, 1.165) is 36.7 Å². The van der Waals surface area contributed by atoms with Gasteiger partial charge in [0.25, 0.3) is 0 Å². The summed E-state index contributed by atoms with van der Waals surface area (Å²) in [5, 5.41) is 16.3. The van der Waals surface area contributed by atoms with Crippen LogP contribution in [0.1, 0.15) is 24.3 Å². The van der Waals surface area contributed by atoms with Gasteiger partial charge < -0.3 is 24.5 Å². The zero-order chi connectivity index (χ0) is 25.8. The van der Waals surface area contributed by atoms with E-state index in [1.54, 1.807) is 18.2 Å². The zero-order valence-electron chi connectivity index (χ0n) is 20.8. The van der Waals surface area contributed by atoms with Gasteiger partial charge in [-0.3, -0.25) is 0 Å². The maximum absolute atomic E-state index is 16.4. The van der Waals surface area contributed by atoms with Crippen molar-refractivity contribution in [2.24, 2.45) is 0 Å². The number of oxazole rings is 1. The van der Waals surface area contributed by atoms with Crippen molar-refractivity contribution in [3.05, 3.63) is 72.2 Å². The number of ether oxygens (including phenoxy) is 1. The molecule has 2 saturated heterocycles. The van der Waals surface area contributed by atoms with E-state index in [1.165, 1.54) is 6.39 Å². The van der Waals surface area contributed by atoms with Crippen molar-refractivity contribution >= 4 is 27.5 Å². The van der Waals surface area contributed by atoms with Crippen LogP contribution in [0, 0.1) is 12.7 Å². The molecule has 2 aliphatic heterocycles. The number of piperazine rings is 1. The average molecular weight is 512 g/mol. The van der Waals surface area contributed by atoms with Gasteiger partial charge in [-0.25, -0.2) is 9.37 Å². The molecule has 38 heavy (non-hydrogen) atoms. The Bertz CT molecular complexity index is 1670. The van der Waals surface area contributed by atoms with Gasteiger partial charge in [0, 0.05) is 36.1 Å². The second-order valence-electron chi connectivity index (χ2n) is 10.1. The van der Waals surface area contributed by atoms with Crippen LogP contribution in [0.25, 0.3) is 32.8 Å². The zero-order valence-corrected chi connectivity index (χ0v) is 20.8. The van der Waals surface area contributed by atoms with Gasteiger partial charge in [-0.1, -0.05) is 30.3 Å². The summed E-state index contributed by atoms with van der Waals surface area (Å²) in [6.45, 7) is 3.48. The molecule has 2 aromatic heterocycles. The molecule has 3 aromatic carbocycles. The van der Waals surface area contributed by atoms with Crippen LogP contribution < -0.4 is 15.0 Å². The minimum atomic E-state index is -0.485. The molecule has 192 valence electrons. The van der Waals surface area contributed by atoms with E-state index < -0.39 is 5.82 Å². The molecule has 0 aliphatic carbocycles. The number of aromatic nitrogens is 3. The molecule has 4 heterocycles. The van der Waals surface area contributed by atoms with Crippen LogP contribution >= 0.6 is 0 Å². The molecule has 2 fully saturated rings. The number of phenolic OH excluding ortho intramolecular Hbond substituents is 1. The number of halogens is 1. The summed E-state index contributed by atoms with van der Waals surface area (Å²) >= 11 is 0. The molecule has 8 nitrogen and oxygen atoms in total. The average Bonchev–Trinajstić information content (AvgIpc) is 3.50. The van der Waals surface area contributed by atoms with Gasteiger partial charge in [0.15, 0.2) is 24.6 Å². The summed E-state index contributed by atoms with van der Waals surface area (Å²) < 4.78 is 27.7. The van der Waals surface area contributed by atoms with Gasteiger partial charge in [-0.05, 0) is 54.3 Å². The fourth-order valence-corrected chi connectivity index (χ4v) is 5.72. The van der Waals surface area contributed by atoms with Crippen LogP contribution in [0.4, 0.5) is 10.2 Å². The van der Waals surface area contributed by atoms with Crippen LogP contribution in [-0.4, -0.2) is 45.2 Å². The predicted octanol–water partition coefficient (Wildman–Crippen LogP) is 5.11. The molecule has 2 aliphatic rings. The Morgan fingerprint density at radius 2 is 1.87 bits per heavy atom. The Morgan fingerprint density at radius 3 is 2.66 bits per heavy atom. The van der Waals surface area contributed by atoms with Crippen molar-refractivity contribution in [1.29, 1.82) is 0 Å². The lowest BCUT2D eigenvalue weighted by molar-refractivity contribution is 0.250. The van der Waals surface area contributed by atoms with Crippen LogP contribution in [0.3, 0.4) is 0 Å². The monoisotopic (exact) mass is 511 g/mol. The number of aromatic hydroxyl groups is 1. The SMILES string of the molecule is Cc1ncoc1COc1nc(N2CC3CCC(C2)N3)c2ccc(-c3cc(O)cc4ccccc34)c(F)c2n1. The topological polar surface area (TPSA) is 96.5 Å². The third-order valence-corrected chi connectivity index (χ3v) is 7.60. The smallest absolute Gasteiger partial charge is 0.319 e. The van der Waals surface area contributed by atoms with Crippen LogP contribution in [0.5, 0.6) is 11.8 Å². The van der Waals surface area contributed by atoms with Crippen molar-refractivity contribution in [1.82, 2.24) is 20.3 Å². The van der Waals surface area contributed by atoms with E-state index in [0.29, 0.717) is 45.9 Å². The molecular formula is C29H26FN5O3. The summed E-state index contributed by atoms with van der Waals surface area (Å²) in [6, 6.07) is 15.3. The first-order valence-electron chi connectivity index (χ1n) is 12.8. The first-order valence-corrected chi connectivity index (χ1v) is 12.8. The van der Waals surface area contributed by atoms with Gasteiger partial charge in [0.2, 0.25) is 0 Å². The first-order chi connectivity index (χ1) is 18.5. The molecule has 2 N–H and O–H groups in total. The standard InChI is InChI=1S/C29H26FN5O3/c1-16-25(38-15-31-16)14-37-29-33-27-23(28(34-29)35-12-18-6-7-19(13-35)32-18)9-8-22(26(27)30)24-11-20(36)10-17-4-2-3-5-21(17)24/h2-5,8-11,15,18-19,32,36H,6-7,12-14H2,1H3. The summed E-state index contributed by atoms with van der Waals surface area (Å²) in [6.07, 6.45) is 3.59. The summed E-state index contributed by atoms with van der Waals surface area (Å²) in [7, 11) is 0. The number of nitrogens with one attached hydrogen (secondary N) is 1. The number of fused-ring (bicyclic) bond motifs is 4. The molecule has 7 rings (SSSR count). The summed E-state index contributed by atoms with van der Waals surface area (Å²) in [4.78, 5) is 15.6. The van der Waals surface area contributed by atoms with Crippen molar-refractivity contribution in [3.63, 3.8) is 0 Å². The number of anilines is 1. The number of nitrogens with zero attached hydrogens (tertiary/aromatic N) is 4. The van der Waals surface area contributed by atoms with Crippen molar-refractivity contribution in [2.75, 3.05) is 18.0 Å². The maximum atomic E-state index is 16.4. The molecule has 9 heteroatoms. The molecule has 0 amide bonds. The van der Waals surface area contributed by atoms with Crippen LogP contribution in [0.15, 0.2) is 59.3 Å². The Hall–Kier alpha value is -4.24. The maximum Gasteiger partial charge on any atom is 0.319 e. The number of rotatable bonds is 5. The second-order valence-corrected chi connectivity index (χ2v) is 10.1. The number of benzene rings is 3. The summed E-state index contributed by atoms with van der Waals surface area (Å²) in [5.41, 5.74) is 1.84. The highest BCUT2D eigenvalue weighted by molar-refractivity contribution is 6.01. The molecule has 0 saturated carbocycles. The normalized spacial score (nSPS) is 18.9. The van der Waals surface area contributed by atoms with Crippen molar-refractivity contribution in [2.45, 2.75) is 38.5 Å². The fourth-order valence-electron chi connectivity index (χ4n) is 5.72. The van der Waals surface area contributed by atoms with Gasteiger partial charge in [-0.2, -0.15) is 9.97 Å². The molecule has 0 spiro atoms. The van der Waals surface area contributed by atoms with E-state index in [-0.39, 0.29) is 23.9 Å². The van der Waals surface area contributed by atoms with Crippen LogP contribution in [-0.2, 0) is 6.61 Å². The van der Waals surface area contributed by atoms with Gasteiger partial charge in [0.1, 0.15) is 17.1 Å². The highest BCUT2D eigenvalue weighted by Gasteiger charge is 2.34. The van der Waals surface area contributed by atoms with Crippen molar-refractivity contribution in [3.8, 4) is 22.9 Å². The fraction of sp³-hybridized carbons (Fsp3) is 0.276. The number of aryl methyl sites for hydroxylation is 1. The second kappa shape index (κ2) is 8.95. The number of hydrogen-bond donors (Lipinski definition) is 2. The van der Waals surface area contributed by atoms with E-state index in [9.17, 15) is 5.11 Å². The first kappa shape index (κ1) is 22.9. The van der Waals surface area contributed by atoms with E-state index in [1.807, 2.05) is 37.3 Å². The largest absolute Gasteiger partial charge is 0.508 e. The van der Waals surface area contributed by atoms with Gasteiger partial charge in [0.05, 0.1) is 5.69 Å². The van der Waals surface area contributed by atoms with Gasteiger partial charge in [-0.15, -0.1) is 0 Å². The van der Waals surface area contributed by atoms with E-state index in [2.05, 4.69) is 20.2 Å². The molecule has 2 bridgehead atoms.